The molecule has 1 aromatic rings. The number of para-hydroxylation sites is 1. The summed E-state index contributed by atoms with van der Waals surface area (Å²) in [6.07, 6.45) is 0.763. The highest BCUT2D eigenvalue weighted by atomic mass is 79.9. The number of nitrogens with zero attached hydrogens (tertiary/aromatic N) is 1. The van der Waals surface area contributed by atoms with Crippen LogP contribution in [0, 0.1) is 0 Å². The van der Waals surface area contributed by atoms with Crippen LogP contribution in [0.5, 0.6) is 5.75 Å². The second kappa shape index (κ2) is 3.38. The van der Waals surface area contributed by atoms with E-state index in [0.717, 1.165) is 22.2 Å². The summed E-state index contributed by atoms with van der Waals surface area (Å²) in [5.41, 5.74) is 0.474. The highest BCUT2D eigenvalue weighted by molar-refractivity contribution is 9.10. The molecule has 90 valence electrons. The maximum Gasteiger partial charge on any atom is 0.320 e. The Bertz CT molecular complexity index is 505. The van der Waals surface area contributed by atoms with Gasteiger partial charge < -0.3 is 10.1 Å². The molecule has 2 bridgehead atoms. The minimum absolute atomic E-state index is 0.0324. The summed E-state index contributed by atoms with van der Waals surface area (Å²) in [5.74, 6) is 0.832. The van der Waals surface area contributed by atoms with Crippen LogP contribution < -0.4 is 10.1 Å². The molecule has 2 atom stereocenters. The van der Waals surface area contributed by atoms with Crippen LogP contribution in [0.1, 0.15) is 24.9 Å². The molecule has 0 spiro atoms. The molecule has 5 heteroatoms. The first kappa shape index (κ1) is 10.9. The Kier molecular flexibility index (Phi) is 2.17. The van der Waals surface area contributed by atoms with Gasteiger partial charge in [-0.3, -0.25) is 4.90 Å². The van der Waals surface area contributed by atoms with Crippen molar-refractivity contribution in [2.45, 2.75) is 25.1 Å². The van der Waals surface area contributed by atoms with Gasteiger partial charge in [0.25, 0.3) is 0 Å². The maximum atomic E-state index is 11.8. The fraction of sp³-hybridized carbons (Fsp3) is 0.417. The lowest BCUT2D eigenvalue weighted by molar-refractivity contribution is -0.0724. The summed E-state index contributed by atoms with van der Waals surface area (Å²) in [6, 6.07) is 5.85. The van der Waals surface area contributed by atoms with Gasteiger partial charge in [-0.1, -0.05) is 12.1 Å². The van der Waals surface area contributed by atoms with E-state index in [-0.39, 0.29) is 12.1 Å². The first-order valence-corrected chi connectivity index (χ1v) is 6.32. The Balaban J connectivity index is 2.15. The Morgan fingerprint density at radius 1 is 1.59 bits per heavy atom. The summed E-state index contributed by atoms with van der Waals surface area (Å²) >= 11 is 3.49. The average molecular weight is 297 g/mol. The lowest BCUT2D eigenvalue weighted by Crippen LogP contribution is -2.63. The van der Waals surface area contributed by atoms with Crippen molar-refractivity contribution in [2.24, 2.45) is 0 Å². The van der Waals surface area contributed by atoms with Crippen molar-refractivity contribution in [1.29, 1.82) is 0 Å². The first-order valence-electron chi connectivity index (χ1n) is 5.53. The van der Waals surface area contributed by atoms with Gasteiger partial charge in [-0.15, -0.1) is 0 Å². The fourth-order valence-electron chi connectivity index (χ4n) is 2.45. The van der Waals surface area contributed by atoms with Gasteiger partial charge in [0.05, 0.1) is 10.5 Å². The van der Waals surface area contributed by atoms with Gasteiger partial charge in [0.1, 0.15) is 5.75 Å². The minimum atomic E-state index is -0.566. The predicted molar refractivity (Wildman–Crippen MR) is 66.8 cm³/mol. The van der Waals surface area contributed by atoms with E-state index in [0.29, 0.717) is 0 Å². The maximum absolute atomic E-state index is 11.8. The zero-order chi connectivity index (χ0) is 12.2. The second-order valence-electron chi connectivity index (χ2n) is 4.70. The normalized spacial score (nSPS) is 30.4. The van der Waals surface area contributed by atoms with Gasteiger partial charge in [0.15, 0.2) is 5.72 Å². The number of nitrogens with one attached hydrogen (secondary N) is 1. The van der Waals surface area contributed by atoms with Crippen molar-refractivity contribution < 1.29 is 9.53 Å². The number of carbonyl (C=O) groups is 1. The van der Waals surface area contributed by atoms with Gasteiger partial charge in [-0.2, -0.15) is 0 Å². The number of urea groups is 1. The molecule has 0 radical (unpaired) electrons. The summed E-state index contributed by atoms with van der Waals surface area (Å²) in [4.78, 5) is 13.4. The first-order chi connectivity index (χ1) is 8.01. The van der Waals surface area contributed by atoms with Gasteiger partial charge in [-0.05, 0) is 28.9 Å². The zero-order valence-electron chi connectivity index (χ0n) is 9.66. The van der Waals surface area contributed by atoms with Crippen LogP contribution in [0.25, 0.3) is 0 Å². The molecule has 2 aliphatic heterocycles. The number of amides is 2. The van der Waals surface area contributed by atoms with Crippen LogP contribution in [0.2, 0.25) is 0 Å². The van der Waals surface area contributed by atoms with Crippen molar-refractivity contribution in [3.05, 3.63) is 28.2 Å². The molecule has 1 N–H and O–H groups in total. The minimum Gasteiger partial charge on any atom is -0.466 e. The standard InChI is InChI=1S/C12H13BrN2O2/c1-12-6-9(14-11(16)15(12)2)7-4-3-5-8(13)10(7)17-12/h3-5,9H,6H2,1-2H3,(H,14,16). The number of benzene rings is 1. The lowest BCUT2D eigenvalue weighted by Gasteiger charge is -2.49. The van der Waals surface area contributed by atoms with Crippen molar-refractivity contribution in [3.8, 4) is 5.75 Å². The second-order valence-corrected chi connectivity index (χ2v) is 5.55. The number of carbonyl (C=O) groups excluding carboxylic acids is 1. The summed E-state index contributed by atoms with van der Waals surface area (Å²) in [6.45, 7) is 1.95. The molecule has 0 aliphatic carbocycles. The monoisotopic (exact) mass is 296 g/mol. The molecule has 0 saturated carbocycles. The quantitative estimate of drug-likeness (QED) is 0.800. The number of hydrogen-bond donors (Lipinski definition) is 1. The third-order valence-corrected chi connectivity index (χ3v) is 4.21. The van der Waals surface area contributed by atoms with Gasteiger partial charge in [0.2, 0.25) is 0 Å². The number of halogens is 1. The third-order valence-electron chi connectivity index (χ3n) is 3.59. The Hall–Kier alpha value is -1.23. The van der Waals surface area contributed by atoms with E-state index in [2.05, 4.69) is 21.2 Å². The summed E-state index contributed by atoms with van der Waals surface area (Å²) in [5, 5.41) is 2.99. The SMILES string of the molecule is CN1C(=O)NC2CC1(C)Oc1c(Br)cccc12. The lowest BCUT2D eigenvalue weighted by atomic mass is 9.91. The Morgan fingerprint density at radius 2 is 2.35 bits per heavy atom. The van der Waals surface area contributed by atoms with Crippen LogP contribution in [0.15, 0.2) is 22.7 Å². The molecular weight excluding hydrogens is 284 g/mol. The largest absolute Gasteiger partial charge is 0.466 e. The van der Waals surface area contributed by atoms with E-state index < -0.39 is 5.72 Å². The highest BCUT2D eigenvalue weighted by Crippen LogP contribution is 2.46. The Labute approximate surface area is 108 Å². The zero-order valence-corrected chi connectivity index (χ0v) is 11.2. The molecule has 2 heterocycles. The van der Waals surface area contributed by atoms with E-state index in [1.54, 1.807) is 11.9 Å². The number of rotatable bonds is 0. The molecule has 0 aromatic heterocycles. The highest BCUT2D eigenvalue weighted by Gasteiger charge is 2.47. The van der Waals surface area contributed by atoms with Crippen molar-refractivity contribution in [3.63, 3.8) is 0 Å². The van der Waals surface area contributed by atoms with Crippen molar-refractivity contribution >= 4 is 22.0 Å². The van der Waals surface area contributed by atoms with E-state index in [9.17, 15) is 4.79 Å². The topological polar surface area (TPSA) is 41.6 Å². The van der Waals surface area contributed by atoms with Crippen LogP contribution >= 0.6 is 15.9 Å². The summed E-state index contributed by atoms with van der Waals surface area (Å²) < 4.78 is 6.95. The van der Waals surface area contributed by atoms with Crippen LogP contribution in [0.3, 0.4) is 0 Å². The molecule has 4 nitrogen and oxygen atoms in total. The number of hydrogen-bond acceptors (Lipinski definition) is 2. The third kappa shape index (κ3) is 1.45. The molecule has 2 amide bonds. The van der Waals surface area contributed by atoms with E-state index >= 15 is 0 Å². The van der Waals surface area contributed by atoms with Crippen LogP contribution in [0.4, 0.5) is 4.79 Å². The van der Waals surface area contributed by atoms with Gasteiger partial charge >= 0.3 is 6.03 Å². The molecule has 1 fully saturated rings. The molecular formula is C12H13BrN2O2. The van der Waals surface area contributed by atoms with Crippen LogP contribution in [-0.4, -0.2) is 23.7 Å². The Morgan fingerprint density at radius 3 is 3.12 bits per heavy atom. The van der Waals surface area contributed by atoms with Gasteiger partial charge in [0, 0.05) is 19.0 Å². The fourth-order valence-corrected chi connectivity index (χ4v) is 2.92. The van der Waals surface area contributed by atoms with E-state index in [1.165, 1.54) is 0 Å². The molecule has 2 aliphatic rings. The van der Waals surface area contributed by atoms with Crippen molar-refractivity contribution in [1.82, 2.24) is 10.2 Å². The van der Waals surface area contributed by atoms with Gasteiger partial charge in [-0.25, -0.2) is 4.79 Å². The molecule has 1 saturated heterocycles. The molecule has 2 unspecified atom stereocenters. The predicted octanol–water partition coefficient (Wildman–Crippen LogP) is 2.64. The molecule has 1 aromatic carbocycles. The van der Waals surface area contributed by atoms with Crippen LogP contribution in [-0.2, 0) is 0 Å². The molecule has 17 heavy (non-hydrogen) atoms. The molecule has 3 rings (SSSR count). The van der Waals surface area contributed by atoms with E-state index in [1.807, 2.05) is 25.1 Å². The summed E-state index contributed by atoms with van der Waals surface area (Å²) in [7, 11) is 1.76. The van der Waals surface area contributed by atoms with E-state index in [4.69, 9.17) is 4.74 Å². The number of fused-ring (bicyclic) bond motifs is 4. The smallest absolute Gasteiger partial charge is 0.320 e. The number of ether oxygens (including phenoxy) is 1. The average Bonchev–Trinajstić information content (AvgIpc) is 2.28. The van der Waals surface area contributed by atoms with Crippen molar-refractivity contribution in [2.75, 3.05) is 7.05 Å².